The number of nitrogens with one attached hydrogen (secondary N) is 2. The molecular weight excluding hydrogens is 368 g/mol. The molecule has 1 aromatic heterocycles. The van der Waals surface area contributed by atoms with Crippen LogP contribution in [-0.4, -0.2) is 11.8 Å². The van der Waals surface area contributed by atoms with Gasteiger partial charge < -0.3 is 10.6 Å². The molecule has 5 heteroatoms. The first kappa shape index (κ1) is 19.6. The Labute approximate surface area is 168 Å². The quantitative estimate of drug-likeness (QED) is 0.597. The number of anilines is 1. The van der Waals surface area contributed by atoms with Gasteiger partial charge in [0.15, 0.2) is 0 Å². The number of carbonyl (C=O) groups is 2. The van der Waals surface area contributed by atoms with Crippen LogP contribution in [0.25, 0.3) is 6.08 Å². The standard InChI is InChI=1S/C23H22N2O2S/c1-15-6-8-18(9-7-15)22(26)25-21(14-20-5-4-10-28-20)23(27)24-19-12-16(2)11-17(3)13-19/h4-14H,1-3H3,(H,24,27)(H,25,26)/b21-14-. The maximum Gasteiger partial charge on any atom is 0.272 e. The Morgan fingerprint density at radius 1 is 0.893 bits per heavy atom. The van der Waals surface area contributed by atoms with Gasteiger partial charge in [0.1, 0.15) is 5.70 Å². The topological polar surface area (TPSA) is 58.2 Å². The van der Waals surface area contributed by atoms with Gasteiger partial charge in [0, 0.05) is 16.1 Å². The lowest BCUT2D eigenvalue weighted by Gasteiger charge is -2.12. The van der Waals surface area contributed by atoms with Gasteiger partial charge in [0.25, 0.3) is 11.8 Å². The predicted molar refractivity (Wildman–Crippen MR) is 115 cm³/mol. The van der Waals surface area contributed by atoms with E-state index in [4.69, 9.17) is 0 Å². The van der Waals surface area contributed by atoms with E-state index >= 15 is 0 Å². The Balaban J connectivity index is 1.85. The molecule has 142 valence electrons. The van der Waals surface area contributed by atoms with E-state index in [0.29, 0.717) is 11.3 Å². The molecule has 0 aliphatic heterocycles. The van der Waals surface area contributed by atoms with Crippen LogP contribution in [0.3, 0.4) is 0 Å². The van der Waals surface area contributed by atoms with Crippen molar-refractivity contribution in [1.82, 2.24) is 5.32 Å². The summed E-state index contributed by atoms with van der Waals surface area (Å²) in [5, 5.41) is 7.57. The fraction of sp³-hybridized carbons (Fsp3) is 0.130. The van der Waals surface area contributed by atoms with Crippen LogP contribution in [0, 0.1) is 20.8 Å². The maximum atomic E-state index is 12.9. The highest BCUT2D eigenvalue weighted by Crippen LogP contribution is 2.17. The minimum absolute atomic E-state index is 0.201. The van der Waals surface area contributed by atoms with Crippen LogP contribution in [0.4, 0.5) is 5.69 Å². The van der Waals surface area contributed by atoms with E-state index in [1.54, 1.807) is 18.2 Å². The number of benzene rings is 2. The molecular formula is C23H22N2O2S. The van der Waals surface area contributed by atoms with Crippen molar-refractivity contribution in [3.8, 4) is 0 Å². The lowest BCUT2D eigenvalue weighted by molar-refractivity contribution is -0.113. The van der Waals surface area contributed by atoms with E-state index in [1.165, 1.54) is 11.3 Å². The lowest BCUT2D eigenvalue weighted by atomic mass is 10.1. The number of amides is 2. The van der Waals surface area contributed by atoms with E-state index in [-0.39, 0.29) is 17.5 Å². The van der Waals surface area contributed by atoms with E-state index in [0.717, 1.165) is 21.6 Å². The zero-order valence-corrected chi connectivity index (χ0v) is 16.9. The van der Waals surface area contributed by atoms with Crippen molar-refractivity contribution in [1.29, 1.82) is 0 Å². The minimum Gasteiger partial charge on any atom is -0.321 e. The van der Waals surface area contributed by atoms with Crippen LogP contribution in [0.5, 0.6) is 0 Å². The predicted octanol–water partition coefficient (Wildman–Crippen LogP) is 5.08. The summed E-state index contributed by atoms with van der Waals surface area (Å²) in [5.74, 6) is -0.683. The minimum atomic E-state index is -0.362. The van der Waals surface area contributed by atoms with Gasteiger partial charge in [-0.05, 0) is 73.7 Å². The summed E-state index contributed by atoms with van der Waals surface area (Å²) in [6.07, 6.45) is 1.69. The van der Waals surface area contributed by atoms with Gasteiger partial charge in [-0.1, -0.05) is 29.8 Å². The van der Waals surface area contributed by atoms with Crippen molar-refractivity contribution in [3.63, 3.8) is 0 Å². The van der Waals surface area contributed by atoms with Crippen LogP contribution in [0.1, 0.15) is 31.9 Å². The van der Waals surface area contributed by atoms with Gasteiger partial charge in [-0.2, -0.15) is 0 Å². The van der Waals surface area contributed by atoms with Crippen molar-refractivity contribution < 1.29 is 9.59 Å². The van der Waals surface area contributed by atoms with Gasteiger partial charge >= 0.3 is 0 Å². The molecule has 0 spiro atoms. The highest BCUT2D eigenvalue weighted by Gasteiger charge is 2.15. The van der Waals surface area contributed by atoms with Gasteiger partial charge in [-0.3, -0.25) is 9.59 Å². The van der Waals surface area contributed by atoms with Crippen molar-refractivity contribution >= 4 is 34.9 Å². The van der Waals surface area contributed by atoms with Crippen molar-refractivity contribution in [3.05, 3.63) is 92.8 Å². The summed E-state index contributed by atoms with van der Waals surface area (Å²) < 4.78 is 0. The first-order valence-corrected chi connectivity index (χ1v) is 9.81. The smallest absolute Gasteiger partial charge is 0.272 e. The molecule has 2 N–H and O–H groups in total. The van der Waals surface area contributed by atoms with Crippen molar-refractivity contribution in [2.24, 2.45) is 0 Å². The number of thiophene rings is 1. The Kier molecular flexibility index (Phi) is 6.06. The van der Waals surface area contributed by atoms with Crippen molar-refractivity contribution in [2.45, 2.75) is 20.8 Å². The molecule has 3 aromatic rings. The Morgan fingerprint density at radius 3 is 2.18 bits per heavy atom. The molecule has 0 aliphatic rings. The summed E-state index contributed by atoms with van der Waals surface area (Å²) in [6.45, 7) is 5.91. The average molecular weight is 391 g/mol. The summed E-state index contributed by atoms with van der Waals surface area (Å²) in [7, 11) is 0. The molecule has 0 radical (unpaired) electrons. The Hall–Kier alpha value is -3.18. The molecule has 28 heavy (non-hydrogen) atoms. The van der Waals surface area contributed by atoms with E-state index in [9.17, 15) is 9.59 Å². The third kappa shape index (κ3) is 5.18. The first-order valence-electron chi connectivity index (χ1n) is 8.93. The van der Waals surface area contributed by atoms with Crippen LogP contribution >= 0.6 is 11.3 Å². The van der Waals surface area contributed by atoms with Crippen molar-refractivity contribution in [2.75, 3.05) is 5.32 Å². The molecule has 2 aromatic carbocycles. The normalized spacial score (nSPS) is 11.2. The molecule has 3 rings (SSSR count). The molecule has 1 heterocycles. The second-order valence-electron chi connectivity index (χ2n) is 6.72. The maximum absolute atomic E-state index is 12.9. The van der Waals surface area contributed by atoms with E-state index in [1.807, 2.05) is 68.6 Å². The number of aryl methyl sites for hydroxylation is 3. The third-order valence-corrected chi connectivity index (χ3v) is 4.94. The van der Waals surface area contributed by atoms with Crippen LogP contribution in [0.2, 0.25) is 0 Å². The van der Waals surface area contributed by atoms with E-state index in [2.05, 4.69) is 10.6 Å². The lowest BCUT2D eigenvalue weighted by Crippen LogP contribution is -2.30. The fourth-order valence-electron chi connectivity index (χ4n) is 2.82. The largest absolute Gasteiger partial charge is 0.321 e. The fourth-order valence-corrected chi connectivity index (χ4v) is 3.48. The van der Waals surface area contributed by atoms with Crippen LogP contribution < -0.4 is 10.6 Å². The molecule has 2 amide bonds. The molecule has 4 nitrogen and oxygen atoms in total. The van der Waals surface area contributed by atoms with Crippen LogP contribution in [-0.2, 0) is 4.79 Å². The molecule has 0 unspecified atom stereocenters. The summed E-state index contributed by atoms with van der Waals surface area (Å²) in [5.41, 5.74) is 4.59. The molecule has 0 aliphatic carbocycles. The second kappa shape index (κ2) is 8.67. The van der Waals surface area contributed by atoms with Gasteiger partial charge in [-0.25, -0.2) is 0 Å². The summed E-state index contributed by atoms with van der Waals surface area (Å²) >= 11 is 1.50. The molecule has 0 atom stereocenters. The third-order valence-electron chi connectivity index (χ3n) is 4.12. The monoisotopic (exact) mass is 390 g/mol. The Morgan fingerprint density at radius 2 is 1.57 bits per heavy atom. The molecule has 0 bridgehead atoms. The Bertz CT molecular complexity index is 999. The highest BCUT2D eigenvalue weighted by molar-refractivity contribution is 7.10. The SMILES string of the molecule is Cc1ccc(C(=O)N/C(=C\c2cccs2)C(=O)Nc2cc(C)cc(C)c2)cc1. The van der Waals surface area contributed by atoms with E-state index < -0.39 is 0 Å². The zero-order chi connectivity index (χ0) is 20.1. The number of hydrogen-bond acceptors (Lipinski definition) is 3. The van der Waals surface area contributed by atoms with Gasteiger partial charge in [-0.15, -0.1) is 11.3 Å². The molecule has 0 saturated carbocycles. The summed E-state index contributed by atoms with van der Waals surface area (Å²) in [6, 6.07) is 16.9. The summed E-state index contributed by atoms with van der Waals surface area (Å²) in [4.78, 5) is 26.4. The van der Waals surface area contributed by atoms with Gasteiger partial charge in [0.05, 0.1) is 0 Å². The second-order valence-corrected chi connectivity index (χ2v) is 7.70. The molecule has 0 fully saturated rings. The average Bonchev–Trinajstić information content (AvgIpc) is 3.14. The number of rotatable bonds is 5. The highest BCUT2D eigenvalue weighted by atomic mass is 32.1. The number of carbonyl (C=O) groups excluding carboxylic acids is 2. The van der Waals surface area contributed by atoms with Crippen LogP contribution in [0.15, 0.2) is 65.7 Å². The zero-order valence-electron chi connectivity index (χ0n) is 16.1. The first-order chi connectivity index (χ1) is 13.4. The molecule has 0 saturated heterocycles. The van der Waals surface area contributed by atoms with Gasteiger partial charge in [0.2, 0.25) is 0 Å². The number of hydrogen-bond donors (Lipinski definition) is 2.